The Kier molecular flexibility index (Phi) is 4.98. The molecule has 0 aliphatic carbocycles. The third kappa shape index (κ3) is 5.37. The summed E-state index contributed by atoms with van der Waals surface area (Å²) in [4.78, 5) is 16.6. The maximum atomic E-state index is 11.7. The third-order valence-electron chi connectivity index (χ3n) is 1.70. The average Bonchev–Trinajstić information content (AvgIpc) is 2.17. The van der Waals surface area contributed by atoms with Gasteiger partial charge in [0.25, 0.3) is 0 Å². The second-order valence-corrected chi connectivity index (χ2v) is 6.26. The van der Waals surface area contributed by atoms with E-state index in [1.165, 1.54) is 11.9 Å². The summed E-state index contributed by atoms with van der Waals surface area (Å²) in [6.45, 7) is 5.47. The quantitative estimate of drug-likeness (QED) is 0.855. The Bertz CT molecular complexity index is 416. The molecular weight excluding hydrogens is 250 g/mol. The van der Waals surface area contributed by atoms with Crippen molar-refractivity contribution in [2.24, 2.45) is 0 Å². The first-order valence-corrected chi connectivity index (χ1v) is 6.34. The molecule has 1 aromatic heterocycles. The van der Waals surface area contributed by atoms with Crippen LogP contribution >= 0.6 is 11.9 Å². The zero-order chi connectivity index (χ0) is 13.8. The molecule has 1 amide bonds. The number of nitrogens with zero attached hydrogens (tertiary/aromatic N) is 2. The molecular formula is C12H19N3O2S. The topological polar surface area (TPSA) is 54.5 Å². The van der Waals surface area contributed by atoms with Crippen LogP contribution in [0.25, 0.3) is 0 Å². The first-order chi connectivity index (χ1) is 8.28. The van der Waals surface area contributed by atoms with Gasteiger partial charge in [0.05, 0.1) is 11.9 Å². The number of ether oxygens (including phenoxy) is 1. The fourth-order valence-corrected chi connectivity index (χ4v) is 1.88. The Hall–Kier alpha value is -1.27. The average molecular weight is 269 g/mol. The van der Waals surface area contributed by atoms with Gasteiger partial charge in [0, 0.05) is 11.1 Å². The summed E-state index contributed by atoms with van der Waals surface area (Å²) in [6, 6.07) is 1.84. The van der Waals surface area contributed by atoms with Gasteiger partial charge in [-0.1, -0.05) is 0 Å². The molecule has 0 atom stereocenters. The Morgan fingerprint density at radius 1 is 1.44 bits per heavy atom. The van der Waals surface area contributed by atoms with E-state index in [9.17, 15) is 4.79 Å². The van der Waals surface area contributed by atoms with Crippen LogP contribution in [-0.4, -0.2) is 35.1 Å². The Labute approximate surface area is 112 Å². The number of rotatable bonds is 3. The molecule has 100 valence electrons. The van der Waals surface area contributed by atoms with Crippen molar-refractivity contribution in [3.8, 4) is 0 Å². The van der Waals surface area contributed by atoms with Crippen molar-refractivity contribution in [1.29, 1.82) is 0 Å². The van der Waals surface area contributed by atoms with Crippen LogP contribution in [0.1, 0.15) is 20.8 Å². The lowest BCUT2D eigenvalue weighted by atomic mass is 10.2. The van der Waals surface area contributed by atoms with E-state index in [0.29, 0.717) is 5.69 Å². The number of carbonyl (C=O) groups is 1. The molecule has 0 saturated heterocycles. The van der Waals surface area contributed by atoms with Crippen molar-refractivity contribution in [2.45, 2.75) is 31.3 Å². The molecule has 0 saturated carbocycles. The predicted octanol–water partition coefficient (Wildman–Crippen LogP) is 3.00. The van der Waals surface area contributed by atoms with Gasteiger partial charge in [-0.25, -0.2) is 4.79 Å². The Morgan fingerprint density at radius 2 is 2.11 bits per heavy atom. The number of hydrogen-bond donors (Lipinski definition) is 1. The molecule has 0 aliphatic heterocycles. The monoisotopic (exact) mass is 269 g/mol. The van der Waals surface area contributed by atoms with Gasteiger partial charge in [0.15, 0.2) is 0 Å². The van der Waals surface area contributed by atoms with Gasteiger partial charge in [-0.3, -0.25) is 14.6 Å². The number of anilines is 1. The highest BCUT2D eigenvalue weighted by molar-refractivity contribution is 7.97. The van der Waals surface area contributed by atoms with E-state index in [1.807, 2.05) is 45.2 Å². The molecule has 0 fully saturated rings. The third-order valence-corrected chi connectivity index (χ3v) is 2.62. The summed E-state index contributed by atoms with van der Waals surface area (Å²) in [5, 5.41) is 2.70. The lowest BCUT2D eigenvalue weighted by molar-refractivity contribution is 0.0635. The number of amides is 1. The normalized spacial score (nSPS) is 11.4. The summed E-state index contributed by atoms with van der Waals surface area (Å²) in [7, 11) is 3.87. The maximum absolute atomic E-state index is 11.7. The zero-order valence-corrected chi connectivity index (χ0v) is 12.2. The SMILES string of the molecule is CN(C)Sc1ccncc1NC(=O)OC(C)(C)C. The molecule has 18 heavy (non-hydrogen) atoms. The standard InChI is InChI=1S/C12H19N3O2S/c1-12(2,3)17-11(16)14-9-8-13-7-6-10(9)18-15(4)5/h6-8H,1-5H3,(H,14,16). The van der Waals surface area contributed by atoms with Gasteiger partial charge < -0.3 is 4.74 Å². The predicted molar refractivity (Wildman–Crippen MR) is 73.6 cm³/mol. The van der Waals surface area contributed by atoms with Gasteiger partial charge in [0.1, 0.15) is 5.60 Å². The minimum absolute atomic E-state index is 0.476. The van der Waals surface area contributed by atoms with Crippen molar-refractivity contribution in [3.05, 3.63) is 18.5 Å². The molecule has 0 unspecified atom stereocenters. The molecule has 0 spiro atoms. The number of aromatic nitrogens is 1. The van der Waals surface area contributed by atoms with Crippen molar-refractivity contribution < 1.29 is 9.53 Å². The van der Waals surface area contributed by atoms with Crippen LogP contribution in [0.3, 0.4) is 0 Å². The molecule has 5 nitrogen and oxygen atoms in total. The highest BCUT2D eigenvalue weighted by Crippen LogP contribution is 2.27. The van der Waals surface area contributed by atoms with E-state index < -0.39 is 11.7 Å². The lowest BCUT2D eigenvalue weighted by Gasteiger charge is -2.20. The molecule has 0 aromatic carbocycles. The van der Waals surface area contributed by atoms with Crippen molar-refractivity contribution in [1.82, 2.24) is 9.29 Å². The van der Waals surface area contributed by atoms with Crippen LogP contribution in [0.5, 0.6) is 0 Å². The highest BCUT2D eigenvalue weighted by atomic mass is 32.2. The number of nitrogens with one attached hydrogen (secondary N) is 1. The number of hydrogen-bond acceptors (Lipinski definition) is 5. The van der Waals surface area contributed by atoms with Gasteiger partial charge >= 0.3 is 6.09 Å². The Balaban J connectivity index is 2.75. The number of pyridine rings is 1. The smallest absolute Gasteiger partial charge is 0.412 e. The summed E-state index contributed by atoms with van der Waals surface area (Å²) >= 11 is 1.51. The maximum Gasteiger partial charge on any atom is 0.412 e. The van der Waals surface area contributed by atoms with E-state index in [1.54, 1.807) is 12.4 Å². The zero-order valence-electron chi connectivity index (χ0n) is 11.4. The van der Waals surface area contributed by atoms with E-state index in [4.69, 9.17) is 4.74 Å². The van der Waals surface area contributed by atoms with Crippen molar-refractivity contribution in [3.63, 3.8) is 0 Å². The fraction of sp³-hybridized carbons (Fsp3) is 0.500. The molecule has 0 bridgehead atoms. The highest BCUT2D eigenvalue weighted by Gasteiger charge is 2.17. The largest absolute Gasteiger partial charge is 0.444 e. The molecule has 6 heteroatoms. The summed E-state index contributed by atoms with van der Waals surface area (Å²) < 4.78 is 7.14. The van der Waals surface area contributed by atoms with E-state index in [2.05, 4.69) is 10.3 Å². The van der Waals surface area contributed by atoms with Crippen LogP contribution in [0, 0.1) is 0 Å². The summed E-state index contributed by atoms with van der Waals surface area (Å²) in [5.41, 5.74) is 0.131. The first kappa shape index (κ1) is 14.8. The van der Waals surface area contributed by atoms with E-state index >= 15 is 0 Å². The van der Waals surface area contributed by atoms with Crippen molar-refractivity contribution >= 4 is 23.7 Å². The fourth-order valence-electron chi connectivity index (χ4n) is 1.17. The summed E-state index contributed by atoms with van der Waals surface area (Å²) in [5.74, 6) is 0. The molecule has 0 radical (unpaired) electrons. The minimum Gasteiger partial charge on any atom is -0.444 e. The first-order valence-electron chi connectivity index (χ1n) is 5.57. The number of carbonyl (C=O) groups excluding carboxylic acids is 1. The molecule has 1 heterocycles. The van der Waals surface area contributed by atoms with Crippen LogP contribution in [-0.2, 0) is 4.74 Å². The molecule has 1 aromatic rings. The second kappa shape index (κ2) is 6.06. The van der Waals surface area contributed by atoms with Gasteiger partial charge in [0.2, 0.25) is 0 Å². The van der Waals surface area contributed by atoms with Crippen LogP contribution in [0.2, 0.25) is 0 Å². The molecule has 0 aliphatic rings. The molecule has 1 N–H and O–H groups in total. The van der Waals surface area contributed by atoms with Gasteiger partial charge in [-0.15, -0.1) is 0 Å². The van der Waals surface area contributed by atoms with E-state index in [0.717, 1.165) is 4.90 Å². The lowest BCUT2D eigenvalue weighted by Crippen LogP contribution is -2.27. The minimum atomic E-state index is -0.513. The van der Waals surface area contributed by atoms with Crippen LogP contribution < -0.4 is 5.32 Å². The Morgan fingerprint density at radius 3 is 2.67 bits per heavy atom. The second-order valence-electron chi connectivity index (χ2n) is 4.90. The van der Waals surface area contributed by atoms with Crippen LogP contribution in [0.4, 0.5) is 10.5 Å². The van der Waals surface area contributed by atoms with Crippen LogP contribution in [0.15, 0.2) is 23.4 Å². The van der Waals surface area contributed by atoms with E-state index in [-0.39, 0.29) is 0 Å². The van der Waals surface area contributed by atoms with Crippen molar-refractivity contribution in [2.75, 3.05) is 19.4 Å². The van der Waals surface area contributed by atoms with Gasteiger partial charge in [-0.05, 0) is 52.9 Å². The summed E-state index contributed by atoms with van der Waals surface area (Å²) in [6.07, 6.45) is 2.82. The van der Waals surface area contributed by atoms with Gasteiger partial charge in [-0.2, -0.15) is 0 Å². The molecule has 1 rings (SSSR count).